The molecule has 176 valence electrons. The Bertz CT molecular complexity index is 1170. The third-order valence-electron chi connectivity index (χ3n) is 5.98. The van der Waals surface area contributed by atoms with Crippen LogP contribution in [-0.2, 0) is 4.74 Å². The molecule has 0 saturated carbocycles. The molecule has 3 aromatic carbocycles. The van der Waals surface area contributed by atoms with Gasteiger partial charge < -0.3 is 25.4 Å². The number of carboxylic acids is 1. The van der Waals surface area contributed by atoms with Crippen LogP contribution in [0.1, 0.15) is 45.5 Å². The van der Waals surface area contributed by atoms with Crippen molar-refractivity contribution in [3.05, 3.63) is 94.8 Å². The first kappa shape index (κ1) is 23.4. The quantitative estimate of drug-likeness (QED) is 0.402. The van der Waals surface area contributed by atoms with Gasteiger partial charge in [-0.05, 0) is 46.9 Å². The van der Waals surface area contributed by atoms with Crippen molar-refractivity contribution in [3.63, 3.8) is 0 Å². The average molecular weight is 465 g/mol. The van der Waals surface area contributed by atoms with E-state index in [2.05, 4.69) is 5.32 Å². The van der Waals surface area contributed by atoms with E-state index < -0.39 is 30.1 Å². The van der Waals surface area contributed by atoms with Gasteiger partial charge in [-0.15, -0.1) is 0 Å². The molecule has 0 spiro atoms. The molecule has 1 amide bonds. The summed E-state index contributed by atoms with van der Waals surface area (Å²) in [5.74, 6) is -2.17. The fourth-order valence-electron chi connectivity index (χ4n) is 4.31. The van der Waals surface area contributed by atoms with Crippen LogP contribution in [0.3, 0.4) is 0 Å². The fourth-order valence-corrected chi connectivity index (χ4v) is 4.31. The zero-order chi connectivity index (χ0) is 24.2. The number of hydrogen-bond acceptors (Lipinski definition) is 5. The molecular formula is C26H24FNO6. The van der Waals surface area contributed by atoms with Crippen molar-refractivity contribution < 1.29 is 34.0 Å². The highest BCUT2D eigenvalue weighted by molar-refractivity contribution is 5.89. The van der Waals surface area contributed by atoms with Gasteiger partial charge in [-0.3, -0.25) is 0 Å². The second kappa shape index (κ2) is 10.0. The summed E-state index contributed by atoms with van der Waals surface area (Å²) in [5.41, 5.74) is 3.85. The lowest BCUT2D eigenvalue weighted by atomic mass is 9.97. The minimum absolute atomic E-state index is 0.0351. The van der Waals surface area contributed by atoms with E-state index in [4.69, 9.17) is 4.74 Å². The normalized spacial score (nSPS) is 14.1. The molecule has 0 heterocycles. The number of rotatable bonds is 8. The van der Waals surface area contributed by atoms with Crippen LogP contribution in [0.15, 0.2) is 66.7 Å². The highest BCUT2D eigenvalue weighted by Gasteiger charge is 2.29. The summed E-state index contributed by atoms with van der Waals surface area (Å²) in [7, 11) is 0. The van der Waals surface area contributed by atoms with E-state index in [0.29, 0.717) is 0 Å². The minimum atomic E-state index is -1.63. The van der Waals surface area contributed by atoms with E-state index >= 15 is 0 Å². The highest BCUT2D eigenvalue weighted by Crippen LogP contribution is 2.44. The fraction of sp³-hybridized carbons (Fsp3) is 0.231. The maximum absolute atomic E-state index is 13.5. The van der Waals surface area contributed by atoms with E-state index in [1.165, 1.54) is 0 Å². The van der Waals surface area contributed by atoms with Crippen molar-refractivity contribution in [2.75, 3.05) is 13.2 Å². The van der Waals surface area contributed by atoms with Gasteiger partial charge in [0.25, 0.3) is 0 Å². The number of benzene rings is 3. The Morgan fingerprint density at radius 3 is 2.21 bits per heavy atom. The molecule has 0 aromatic heterocycles. The van der Waals surface area contributed by atoms with Crippen LogP contribution in [0, 0.1) is 5.82 Å². The number of aliphatic hydroxyl groups excluding tert-OH is 2. The first-order valence-corrected chi connectivity index (χ1v) is 10.8. The molecular weight excluding hydrogens is 441 g/mol. The minimum Gasteiger partial charge on any atom is -0.478 e. The van der Waals surface area contributed by atoms with Crippen LogP contribution in [0.2, 0.25) is 0 Å². The van der Waals surface area contributed by atoms with E-state index in [9.17, 15) is 29.3 Å². The lowest BCUT2D eigenvalue weighted by Gasteiger charge is -2.20. The number of alkyl carbamates (subject to hydrolysis) is 1. The Kier molecular flexibility index (Phi) is 6.90. The number of aromatic carboxylic acids is 1. The number of ether oxygens (including phenoxy) is 1. The standard InChI is InChI=1S/C26H24FNO6/c27-15-9-10-20(25(31)32)21(13-15)24(30)23(29)11-12-28-26(33)34-14-22-18-7-3-1-5-16(18)17-6-2-4-8-19(17)22/h1-10,13,22-24,29-30H,11-12,14H2,(H,28,33)(H,31,32). The number of carbonyl (C=O) groups excluding carboxylic acids is 1. The summed E-state index contributed by atoms with van der Waals surface area (Å²) in [6, 6.07) is 18.8. The Balaban J connectivity index is 1.31. The summed E-state index contributed by atoms with van der Waals surface area (Å²) < 4.78 is 18.9. The number of amides is 1. The predicted molar refractivity (Wildman–Crippen MR) is 122 cm³/mol. The first-order valence-electron chi connectivity index (χ1n) is 10.8. The lowest BCUT2D eigenvalue weighted by Crippen LogP contribution is -2.31. The number of halogens is 1. The topological polar surface area (TPSA) is 116 Å². The molecule has 2 atom stereocenters. The number of carboxylic acid groups (broad SMARTS) is 1. The Labute approximate surface area is 195 Å². The third kappa shape index (κ3) is 4.78. The lowest BCUT2D eigenvalue weighted by molar-refractivity contribution is 0.0126. The van der Waals surface area contributed by atoms with Crippen LogP contribution >= 0.6 is 0 Å². The number of nitrogens with one attached hydrogen (secondary N) is 1. The molecule has 0 aliphatic heterocycles. The van der Waals surface area contributed by atoms with Crippen molar-refractivity contribution in [1.29, 1.82) is 0 Å². The maximum Gasteiger partial charge on any atom is 0.407 e. The third-order valence-corrected chi connectivity index (χ3v) is 5.98. The molecule has 4 N–H and O–H groups in total. The summed E-state index contributed by atoms with van der Waals surface area (Å²) in [6.45, 7) is 0.100. The number of aliphatic hydroxyl groups is 2. The molecule has 4 rings (SSSR count). The van der Waals surface area contributed by atoms with E-state index in [1.807, 2.05) is 48.5 Å². The molecule has 8 heteroatoms. The number of fused-ring (bicyclic) bond motifs is 3. The molecule has 1 aliphatic carbocycles. The highest BCUT2D eigenvalue weighted by atomic mass is 19.1. The van der Waals surface area contributed by atoms with Gasteiger partial charge in [0.2, 0.25) is 0 Å². The summed E-state index contributed by atoms with van der Waals surface area (Å²) in [4.78, 5) is 23.5. The van der Waals surface area contributed by atoms with Crippen LogP contribution in [0.5, 0.6) is 0 Å². The largest absolute Gasteiger partial charge is 0.478 e. The van der Waals surface area contributed by atoms with Gasteiger partial charge in [-0.1, -0.05) is 48.5 Å². The van der Waals surface area contributed by atoms with Gasteiger partial charge in [0.15, 0.2) is 0 Å². The number of hydrogen-bond donors (Lipinski definition) is 4. The monoisotopic (exact) mass is 465 g/mol. The molecule has 0 radical (unpaired) electrons. The van der Waals surface area contributed by atoms with E-state index in [0.717, 1.165) is 40.5 Å². The molecule has 0 bridgehead atoms. The molecule has 0 fully saturated rings. The van der Waals surface area contributed by atoms with Crippen molar-refractivity contribution in [2.45, 2.75) is 24.5 Å². The zero-order valence-corrected chi connectivity index (χ0v) is 18.1. The van der Waals surface area contributed by atoms with Crippen molar-refractivity contribution in [1.82, 2.24) is 5.32 Å². The molecule has 7 nitrogen and oxygen atoms in total. The van der Waals surface area contributed by atoms with Gasteiger partial charge in [0.1, 0.15) is 18.5 Å². The smallest absolute Gasteiger partial charge is 0.407 e. The molecule has 3 aromatic rings. The summed E-state index contributed by atoms with van der Waals surface area (Å²) in [6.07, 6.45) is -3.83. The van der Waals surface area contributed by atoms with E-state index in [-0.39, 0.29) is 36.6 Å². The van der Waals surface area contributed by atoms with Crippen molar-refractivity contribution in [2.24, 2.45) is 0 Å². The Morgan fingerprint density at radius 2 is 1.59 bits per heavy atom. The molecule has 1 aliphatic rings. The van der Waals surface area contributed by atoms with Crippen LogP contribution in [0.4, 0.5) is 9.18 Å². The SMILES string of the molecule is O=C(NCCC(O)C(O)c1cc(F)ccc1C(=O)O)OCC1c2ccccc2-c2ccccc21. The zero-order valence-electron chi connectivity index (χ0n) is 18.1. The Hall–Kier alpha value is -3.75. The van der Waals surface area contributed by atoms with Gasteiger partial charge in [-0.25, -0.2) is 14.0 Å². The Morgan fingerprint density at radius 1 is 0.971 bits per heavy atom. The van der Waals surface area contributed by atoms with Crippen LogP contribution in [-0.4, -0.2) is 46.6 Å². The first-order chi connectivity index (χ1) is 16.4. The van der Waals surface area contributed by atoms with Gasteiger partial charge >= 0.3 is 12.1 Å². The van der Waals surface area contributed by atoms with Crippen molar-refractivity contribution in [3.8, 4) is 11.1 Å². The predicted octanol–water partition coefficient (Wildman–Crippen LogP) is 3.85. The van der Waals surface area contributed by atoms with Gasteiger partial charge in [0, 0.05) is 18.0 Å². The van der Waals surface area contributed by atoms with E-state index in [1.54, 1.807) is 0 Å². The van der Waals surface area contributed by atoms with Gasteiger partial charge in [-0.2, -0.15) is 0 Å². The molecule has 34 heavy (non-hydrogen) atoms. The molecule has 2 unspecified atom stereocenters. The number of carbonyl (C=O) groups is 2. The van der Waals surface area contributed by atoms with Crippen LogP contribution < -0.4 is 5.32 Å². The van der Waals surface area contributed by atoms with Crippen molar-refractivity contribution >= 4 is 12.1 Å². The second-order valence-corrected chi connectivity index (χ2v) is 8.09. The van der Waals surface area contributed by atoms with Gasteiger partial charge in [0.05, 0.1) is 11.7 Å². The average Bonchev–Trinajstić information content (AvgIpc) is 3.15. The van der Waals surface area contributed by atoms with Crippen LogP contribution in [0.25, 0.3) is 11.1 Å². The maximum atomic E-state index is 13.5. The summed E-state index contributed by atoms with van der Waals surface area (Å²) in [5, 5.41) is 32.3. The summed E-state index contributed by atoms with van der Waals surface area (Å²) >= 11 is 0. The second-order valence-electron chi connectivity index (χ2n) is 8.09. The molecule has 0 saturated heterocycles.